The highest BCUT2D eigenvalue weighted by Gasteiger charge is 2.31. The van der Waals surface area contributed by atoms with Crippen molar-refractivity contribution < 1.29 is 0 Å². The van der Waals surface area contributed by atoms with E-state index >= 15 is 0 Å². The van der Waals surface area contributed by atoms with Gasteiger partial charge in [0, 0.05) is 18.8 Å². The summed E-state index contributed by atoms with van der Waals surface area (Å²) in [7, 11) is 0. The largest absolute Gasteiger partial charge is 0.310 e. The van der Waals surface area contributed by atoms with Crippen molar-refractivity contribution in [3.8, 4) is 0 Å². The van der Waals surface area contributed by atoms with Crippen LogP contribution in [-0.4, -0.2) is 17.6 Å². The van der Waals surface area contributed by atoms with Crippen LogP contribution in [0.1, 0.15) is 24.0 Å². The fraction of sp³-hybridized carbons (Fsp3) is 0.462. The summed E-state index contributed by atoms with van der Waals surface area (Å²) in [6.07, 6.45) is 6.88. The number of hydrogen-bond acceptors (Lipinski definition) is 2. The number of halogens is 1. The standard InChI is InChI=1S/C13H15BrN2/c1-8-4-11(7-16-13(8)14)9-2-3-10-6-15-12(10)5-9/h4-5,7,10,12,15H,2-3,6H2,1H3/t10-,12-/m0/s1. The van der Waals surface area contributed by atoms with Gasteiger partial charge in [0.05, 0.1) is 0 Å². The number of fused-ring (bicyclic) bond motifs is 1. The van der Waals surface area contributed by atoms with Crippen molar-refractivity contribution >= 4 is 21.5 Å². The topological polar surface area (TPSA) is 24.9 Å². The average molecular weight is 279 g/mol. The monoisotopic (exact) mass is 278 g/mol. The Morgan fingerprint density at radius 3 is 3.00 bits per heavy atom. The minimum atomic E-state index is 0.618. The van der Waals surface area contributed by atoms with Crippen molar-refractivity contribution in [2.75, 3.05) is 6.54 Å². The average Bonchev–Trinajstić information content (AvgIpc) is 2.24. The Labute approximate surface area is 104 Å². The van der Waals surface area contributed by atoms with Crippen LogP contribution < -0.4 is 5.32 Å². The van der Waals surface area contributed by atoms with E-state index < -0.39 is 0 Å². The van der Waals surface area contributed by atoms with Gasteiger partial charge in [-0.2, -0.15) is 0 Å². The molecule has 0 saturated carbocycles. The molecule has 1 aliphatic carbocycles. The first-order chi connectivity index (χ1) is 7.74. The van der Waals surface area contributed by atoms with Gasteiger partial charge in [-0.15, -0.1) is 0 Å². The van der Waals surface area contributed by atoms with Gasteiger partial charge >= 0.3 is 0 Å². The molecule has 0 amide bonds. The Balaban J connectivity index is 1.91. The van der Waals surface area contributed by atoms with Crippen LogP contribution in [0.3, 0.4) is 0 Å². The molecule has 3 rings (SSSR count). The predicted molar refractivity (Wildman–Crippen MR) is 69.2 cm³/mol. The number of hydrogen-bond donors (Lipinski definition) is 1. The summed E-state index contributed by atoms with van der Waals surface area (Å²) in [5, 5.41) is 3.47. The number of rotatable bonds is 1. The fourth-order valence-corrected chi connectivity index (χ4v) is 2.73. The van der Waals surface area contributed by atoms with Gasteiger partial charge in [0.25, 0.3) is 0 Å². The van der Waals surface area contributed by atoms with Crippen LogP contribution in [0.25, 0.3) is 5.57 Å². The van der Waals surface area contributed by atoms with Crippen LogP contribution in [0.4, 0.5) is 0 Å². The molecule has 0 aromatic carbocycles. The van der Waals surface area contributed by atoms with Crippen molar-refractivity contribution in [3.05, 3.63) is 34.1 Å². The third-order valence-corrected chi connectivity index (χ3v) is 4.50. The number of nitrogens with zero attached hydrogens (tertiary/aromatic N) is 1. The maximum atomic E-state index is 4.37. The number of aromatic nitrogens is 1. The van der Waals surface area contributed by atoms with Gasteiger partial charge in [-0.05, 0) is 64.4 Å². The summed E-state index contributed by atoms with van der Waals surface area (Å²) in [5.74, 6) is 0.883. The predicted octanol–water partition coefficient (Wildman–Crippen LogP) is 2.92. The van der Waals surface area contributed by atoms with Gasteiger partial charge in [-0.1, -0.05) is 6.08 Å². The van der Waals surface area contributed by atoms with Gasteiger partial charge in [0.1, 0.15) is 4.60 Å². The van der Waals surface area contributed by atoms with Crippen LogP contribution >= 0.6 is 15.9 Å². The van der Waals surface area contributed by atoms with E-state index in [-0.39, 0.29) is 0 Å². The van der Waals surface area contributed by atoms with E-state index in [2.05, 4.69) is 45.3 Å². The molecule has 0 radical (unpaired) electrons. The second-order valence-corrected chi connectivity index (χ2v) is 5.51. The van der Waals surface area contributed by atoms with Crippen molar-refractivity contribution in [1.29, 1.82) is 0 Å². The molecule has 0 spiro atoms. The summed E-state index contributed by atoms with van der Waals surface area (Å²) in [5.41, 5.74) is 3.95. The zero-order valence-electron chi connectivity index (χ0n) is 9.33. The molecule has 0 unspecified atom stereocenters. The third kappa shape index (κ3) is 1.72. The number of aryl methyl sites for hydroxylation is 1. The molecule has 2 heterocycles. The molecule has 1 aromatic rings. The molecule has 1 fully saturated rings. The Morgan fingerprint density at radius 2 is 2.38 bits per heavy atom. The van der Waals surface area contributed by atoms with Gasteiger partial charge in [0.2, 0.25) is 0 Å². The highest BCUT2D eigenvalue weighted by molar-refractivity contribution is 9.10. The summed E-state index contributed by atoms with van der Waals surface area (Å²) < 4.78 is 0.951. The van der Waals surface area contributed by atoms with E-state index in [1.54, 1.807) is 0 Å². The van der Waals surface area contributed by atoms with E-state index in [4.69, 9.17) is 0 Å². The van der Waals surface area contributed by atoms with Gasteiger partial charge < -0.3 is 5.32 Å². The summed E-state index contributed by atoms with van der Waals surface area (Å²) in [6.45, 7) is 3.29. The molecule has 1 aromatic heterocycles. The summed E-state index contributed by atoms with van der Waals surface area (Å²) >= 11 is 3.44. The molecule has 2 nitrogen and oxygen atoms in total. The smallest absolute Gasteiger partial charge is 0.109 e. The van der Waals surface area contributed by atoms with Crippen molar-refractivity contribution in [3.63, 3.8) is 0 Å². The maximum absolute atomic E-state index is 4.37. The van der Waals surface area contributed by atoms with Gasteiger partial charge in [-0.3, -0.25) is 0 Å². The van der Waals surface area contributed by atoms with E-state index in [1.807, 2.05) is 6.20 Å². The lowest BCUT2D eigenvalue weighted by Gasteiger charge is -2.40. The van der Waals surface area contributed by atoms with Crippen LogP contribution in [0.2, 0.25) is 0 Å². The Morgan fingerprint density at radius 1 is 1.50 bits per heavy atom. The molecule has 16 heavy (non-hydrogen) atoms. The Bertz CT molecular complexity index is 453. The molecule has 1 saturated heterocycles. The molecular formula is C13H15BrN2. The summed E-state index contributed by atoms with van der Waals surface area (Å²) in [4.78, 5) is 4.37. The minimum absolute atomic E-state index is 0.618. The zero-order chi connectivity index (χ0) is 11.1. The lowest BCUT2D eigenvalue weighted by molar-refractivity contribution is 0.256. The van der Waals surface area contributed by atoms with Gasteiger partial charge in [-0.25, -0.2) is 4.98 Å². The second kappa shape index (κ2) is 3.97. The fourth-order valence-electron chi connectivity index (χ4n) is 2.51. The Kier molecular flexibility index (Phi) is 2.60. The summed E-state index contributed by atoms with van der Waals surface area (Å²) in [6, 6.07) is 2.84. The van der Waals surface area contributed by atoms with Crippen molar-refractivity contribution in [2.24, 2.45) is 5.92 Å². The highest BCUT2D eigenvalue weighted by Crippen LogP contribution is 2.34. The van der Waals surface area contributed by atoms with Crippen LogP contribution in [0, 0.1) is 12.8 Å². The van der Waals surface area contributed by atoms with Crippen LogP contribution in [0.5, 0.6) is 0 Å². The quantitative estimate of drug-likeness (QED) is 0.799. The lowest BCUT2D eigenvalue weighted by Crippen LogP contribution is -2.52. The second-order valence-electron chi connectivity index (χ2n) is 4.76. The molecule has 84 valence electrons. The molecule has 1 N–H and O–H groups in total. The van der Waals surface area contributed by atoms with Crippen molar-refractivity contribution in [2.45, 2.75) is 25.8 Å². The lowest BCUT2D eigenvalue weighted by atomic mass is 9.79. The minimum Gasteiger partial charge on any atom is -0.310 e. The third-order valence-electron chi connectivity index (χ3n) is 3.67. The molecule has 3 heteroatoms. The van der Waals surface area contributed by atoms with E-state index in [0.717, 1.165) is 10.5 Å². The van der Waals surface area contributed by atoms with Crippen molar-refractivity contribution in [1.82, 2.24) is 10.3 Å². The Hall–Kier alpha value is -0.670. The molecule has 2 aliphatic rings. The first-order valence-electron chi connectivity index (χ1n) is 5.80. The molecule has 1 aliphatic heterocycles. The first-order valence-corrected chi connectivity index (χ1v) is 6.60. The number of allylic oxidation sites excluding steroid dienone is 1. The molecular weight excluding hydrogens is 264 g/mol. The van der Waals surface area contributed by atoms with E-state index in [0.29, 0.717) is 6.04 Å². The number of pyridine rings is 1. The molecule has 0 bridgehead atoms. The highest BCUT2D eigenvalue weighted by atomic mass is 79.9. The van der Waals surface area contributed by atoms with E-state index in [9.17, 15) is 0 Å². The SMILES string of the molecule is Cc1cc(C2=C[C@@H]3NC[C@@H]3CC2)cnc1Br. The van der Waals surface area contributed by atoms with Crippen LogP contribution in [0.15, 0.2) is 22.9 Å². The first kappa shape index (κ1) is 10.5. The normalized spacial score (nSPS) is 28.0. The van der Waals surface area contributed by atoms with Crippen LogP contribution in [-0.2, 0) is 0 Å². The maximum Gasteiger partial charge on any atom is 0.109 e. The van der Waals surface area contributed by atoms with Gasteiger partial charge in [0.15, 0.2) is 0 Å². The zero-order valence-corrected chi connectivity index (χ0v) is 10.9. The van der Waals surface area contributed by atoms with E-state index in [1.165, 1.54) is 36.1 Å². The number of nitrogens with one attached hydrogen (secondary N) is 1. The molecule has 2 atom stereocenters.